The highest BCUT2D eigenvalue weighted by Gasteiger charge is 2.12. The van der Waals surface area contributed by atoms with Crippen LogP contribution in [0.25, 0.3) is 22.8 Å². The summed E-state index contributed by atoms with van der Waals surface area (Å²) in [6, 6.07) is 13.8. The number of aryl methyl sites for hydroxylation is 1. The highest BCUT2D eigenvalue weighted by Crippen LogP contribution is 2.23. The van der Waals surface area contributed by atoms with Crippen molar-refractivity contribution in [3.05, 3.63) is 66.3 Å². The first-order chi connectivity index (χ1) is 12.7. The highest BCUT2D eigenvalue weighted by molar-refractivity contribution is 5.91. The first-order valence-electron chi connectivity index (χ1n) is 7.77. The van der Waals surface area contributed by atoms with Gasteiger partial charge < -0.3 is 9.15 Å². The number of aromatic amines is 1. The molecule has 0 unspecified atom stereocenters. The van der Waals surface area contributed by atoms with Crippen molar-refractivity contribution in [2.24, 2.45) is 0 Å². The van der Waals surface area contributed by atoms with Crippen LogP contribution in [0.15, 0.2) is 59.3 Å². The second kappa shape index (κ2) is 6.60. The second-order valence-corrected chi connectivity index (χ2v) is 5.48. The van der Waals surface area contributed by atoms with Crippen LogP contribution in [-0.4, -0.2) is 31.3 Å². The van der Waals surface area contributed by atoms with E-state index in [2.05, 4.69) is 25.4 Å². The maximum Gasteiger partial charge on any atom is 0.343 e. The Bertz CT molecular complexity index is 1040. The van der Waals surface area contributed by atoms with Gasteiger partial charge in [0, 0.05) is 11.1 Å². The molecular formula is C18H13N5O3. The monoisotopic (exact) mass is 347 g/mol. The molecule has 0 spiro atoms. The van der Waals surface area contributed by atoms with Gasteiger partial charge in [-0.15, -0.1) is 10.2 Å². The molecule has 0 saturated carbocycles. The Labute approximate surface area is 147 Å². The Morgan fingerprint density at radius 2 is 1.96 bits per heavy atom. The Hall–Kier alpha value is -3.81. The number of hydrogen-bond acceptors (Lipinski definition) is 7. The zero-order chi connectivity index (χ0) is 17.9. The van der Waals surface area contributed by atoms with E-state index in [1.165, 1.54) is 6.39 Å². The number of carbonyl (C=O) groups is 1. The average Bonchev–Trinajstić information content (AvgIpc) is 3.34. The van der Waals surface area contributed by atoms with E-state index in [9.17, 15) is 4.79 Å². The SMILES string of the molecule is Cc1nc(-c2ccc(C(=O)Oc3cccc(-c4nnco4)c3)cc2)n[nH]1. The number of carbonyl (C=O) groups excluding carboxylic acids is 1. The summed E-state index contributed by atoms with van der Waals surface area (Å²) in [7, 11) is 0. The van der Waals surface area contributed by atoms with Crippen molar-refractivity contribution in [3.63, 3.8) is 0 Å². The Morgan fingerprint density at radius 1 is 1.12 bits per heavy atom. The standard InChI is InChI=1S/C18H13N5O3/c1-11-20-16(22-21-11)12-5-7-13(8-6-12)18(24)26-15-4-2-3-14(9-15)17-23-19-10-25-17/h2-10H,1H3,(H,20,21,22). The summed E-state index contributed by atoms with van der Waals surface area (Å²) in [6.07, 6.45) is 1.24. The molecule has 0 bridgehead atoms. The highest BCUT2D eigenvalue weighted by atomic mass is 16.5. The Balaban J connectivity index is 1.51. The van der Waals surface area contributed by atoms with E-state index in [4.69, 9.17) is 9.15 Å². The lowest BCUT2D eigenvalue weighted by Gasteiger charge is -2.05. The van der Waals surface area contributed by atoms with Crippen LogP contribution in [0.3, 0.4) is 0 Å². The van der Waals surface area contributed by atoms with Gasteiger partial charge in [-0.05, 0) is 37.3 Å². The molecule has 4 rings (SSSR count). The largest absolute Gasteiger partial charge is 0.423 e. The molecule has 0 amide bonds. The molecule has 8 heteroatoms. The number of rotatable bonds is 4. The fourth-order valence-electron chi connectivity index (χ4n) is 2.38. The molecule has 1 N–H and O–H groups in total. The first kappa shape index (κ1) is 15.7. The summed E-state index contributed by atoms with van der Waals surface area (Å²) in [5.74, 6) is 1.58. The van der Waals surface area contributed by atoms with Gasteiger partial charge in [0.15, 0.2) is 5.82 Å². The van der Waals surface area contributed by atoms with E-state index in [1.54, 1.807) is 48.5 Å². The molecule has 0 radical (unpaired) electrons. The van der Waals surface area contributed by atoms with Gasteiger partial charge in [0.25, 0.3) is 0 Å². The van der Waals surface area contributed by atoms with Crippen LogP contribution in [0.4, 0.5) is 0 Å². The topological polar surface area (TPSA) is 107 Å². The third-order valence-corrected chi connectivity index (χ3v) is 3.63. The van der Waals surface area contributed by atoms with Gasteiger partial charge in [-0.2, -0.15) is 5.10 Å². The van der Waals surface area contributed by atoms with Crippen molar-refractivity contribution >= 4 is 5.97 Å². The van der Waals surface area contributed by atoms with Crippen molar-refractivity contribution in [1.82, 2.24) is 25.4 Å². The molecule has 0 aliphatic heterocycles. The summed E-state index contributed by atoms with van der Waals surface area (Å²) in [5.41, 5.74) is 1.90. The van der Waals surface area contributed by atoms with Crippen molar-refractivity contribution in [2.75, 3.05) is 0 Å². The van der Waals surface area contributed by atoms with Gasteiger partial charge in [0.1, 0.15) is 11.6 Å². The predicted molar refractivity (Wildman–Crippen MR) is 91.2 cm³/mol. The third-order valence-electron chi connectivity index (χ3n) is 3.63. The summed E-state index contributed by atoms with van der Waals surface area (Å²) < 4.78 is 10.6. The fraction of sp³-hybridized carbons (Fsp3) is 0.0556. The van der Waals surface area contributed by atoms with Crippen LogP contribution in [-0.2, 0) is 0 Å². The van der Waals surface area contributed by atoms with Gasteiger partial charge in [-0.25, -0.2) is 9.78 Å². The van der Waals surface area contributed by atoms with E-state index in [-0.39, 0.29) is 0 Å². The lowest BCUT2D eigenvalue weighted by Crippen LogP contribution is -2.08. The molecule has 2 heterocycles. The maximum atomic E-state index is 12.4. The van der Waals surface area contributed by atoms with E-state index >= 15 is 0 Å². The molecule has 0 atom stereocenters. The van der Waals surface area contributed by atoms with E-state index < -0.39 is 5.97 Å². The van der Waals surface area contributed by atoms with Crippen LogP contribution >= 0.6 is 0 Å². The predicted octanol–water partition coefficient (Wildman–Crippen LogP) is 3.05. The van der Waals surface area contributed by atoms with Crippen LogP contribution in [0.5, 0.6) is 5.75 Å². The van der Waals surface area contributed by atoms with Crippen molar-refractivity contribution in [2.45, 2.75) is 6.92 Å². The zero-order valence-electron chi connectivity index (χ0n) is 13.7. The number of aromatic nitrogens is 5. The molecule has 0 saturated heterocycles. The number of ether oxygens (including phenoxy) is 1. The quantitative estimate of drug-likeness (QED) is 0.446. The summed E-state index contributed by atoms with van der Waals surface area (Å²) in [6.45, 7) is 1.82. The van der Waals surface area contributed by atoms with Crippen molar-refractivity contribution in [1.29, 1.82) is 0 Å². The summed E-state index contributed by atoms with van der Waals surface area (Å²) in [5, 5.41) is 14.3. The molecule has 8 nitrogen and oxygen atoms in total. The van der Waals surface area contributed by atoms with Crippen LogP contribution in [0.2, 0.25) is 0 Å². The normalized spacial score (nSPS) is 10.7. The molecule has 26 heavy (non-hydrogen) atoms. The van der Waals surface area contributed by atoms with Crippen LogP contribution in [0.1, 0.15) is 16.2 Å². The number of H-pyrrole nitrogens is 1. The third kappa shape index (κ3) is 3.20. The van der Waals surface area contributed by atoms with Gasteiger partial charge in [-0.3, -0.25) is 5.10 Å². The zero-order valence-corrected chi connectivity index (χ0v) is 13.7. The molecule has 0 fully saturated rings. The molecule has 128 valence electrons. The summed E-state index contributed by atoms with van der Waals surface area (Å²) >= 11 is 0. The van der Waals surface area contributed by atoms with Gasteiger partial charge in [0.05, 0.1) is 5.56 Å². The Kier molecular flexibility index (Phi) is 3.98. The van der Waals surface area contributed by atoms with Crippen molar-refractivity contribution < 1.29 is 13.9 Å². The Morgan fingerprint density at radius 3 is 2.65 bits per heavy atom. The number of nitrogens with zero attached hydrogens (tertiary/aromatic N) is 4. The maximum absolute atomic E-state index is 12.4. The molecule has 2 aromatic heterocycles. The molecule has 0 aliphatic carbocycles. The number of hydrogen-bond donors (Lipinski definition) is 1. The molecule has 2 aromatic carbocycles. The lowest BCUT2D eigenvalue weighted by atomic mass is 10.1. The first-order valence-corrected chi connectivity index (χ1v) is 7.77. The lowest BCUT2D eigenvalue weighted by molar-refractivity contribution is 0.0735. The summed E-state index contributed by atoms with van der Waals surface area (Å²) in [4.78, 5) is 16.6. The number of benzene rings is 2. The van der Waals surface area contributed by atoms with Gasteiger partial charge in [0.2, 0.25) is 12.3 Å². The van der Waals surface area contributed by atoms with Gasteiger partial charge in [-0.1, -0.05) is 18.2 Å². The second-order valence-electron chi connectivity index (χ2n) is 5.48. The van der Waals surface area contributed by atoms with Crippen molar-refractivity contribution in [3.8, 4) is 28.6 Å². The fourth-order valence-corrected chi connectivity index (χ4v) is 2.38. The van der Waals surface area contributed by atoms with E-state index in [0.29, 0.717) is 28.6 Å². The molecule has 4 aromatic rings. The molecular weight excluding hydrogens is 334 g/mol. The minimum Gasteiger partial charge on any atom is -0.423 e. The number of nitrogens with one attached hydrogen (secondary N) is 1. The van der Waals surface area contributed by atoms with E-state index in [0.717, 1.165) is 11.4 Å². The van der Waals surface area contributed by atoms with E-state index in [1.807, 2.05) is 6.92 Å². The molecule has 0 aliphatic rings. The van der Waals surface area contributed by atoms with Crippen LogP contribution in [0, 0.1) is 6.92 Å². The number of esters is 1. The van der Waals surface area contributed by atoms with Gasteiger partial charge >= 0.3 is 5.97 Å². The van der Waals surface area contributed by atoms with Crippen LogP contribution < -0.4 is 4.74 Å². The smallest absolute Gasteiger partial charge is 0.343 e. The minimum absolute atomic E-state index is 0.356. The minimum atomic E-state index is -0.467. The average molecular weight is 347 g/mol.